The highest BCUT2D eigenvalue weighted by Gasteiger charge is 2.17. The maximum Gasteiger partial charge on any atom is 0.338 e. The van der Waals surface area contributed by atoms with Crippen molar-refractivity contribution in [2.24, 2.45) is 0 Å². The summed E-state index contributed by atoms with van der Waals surface area (Å²) in [5.41, 5.74) is 2.73. The molecule has 0 bridgehead atoms. The number of hydrogen-bond donors (Lipinski definition) is 0. The first-order valence-corrected chi connectivity index (χ1v) is 10.9. The number of ether oxygens (including phenoxy) is 1. The highest BCUT2D eigenvalue weighted by Crippen LogP contribution is 2.43. The summed E-state index contributed by atoms with van der Waals surface area (Å²) < 4.78 is 11.5. The molecule has 0 saturated carbocycles. The van der Waals surface area contributed by atoms with E-state index in [4.69, 9.17) is 9.15 Å². The molecule has 0 atom stereocenters. The van der Waals surface area contributed by atoms with Crippen molar-refractivity contribution in [1.29, 1.82) is 0 Å². The van der Waals surface area contributed by atoms with Crippen LogP contribution < -0.4 is 0 Å². The van der Waals surface area contributed by atoms with Gasteiger partial charge in [-0.05, 0) is 35.6 Å². The lowest BCUT2D eigenvalue weighted by atomic mass is 10.1. The number of carbonyl (C=O) groups is 1. The zero-order valence-electron chi connectivity index (χ0n) is 14.7. The molecule has 3 aromatic rings. The Morgan fingerprint density at radius 3 is 2.56 bits per heavy atom. The number of carbonyl (C=O) groups excluding carboxylic acids is 1. The van der Waals surface area contributed by atoms with Crippen LogP contribution in [0.5, 0.6) is 0 Å². The van der Waals surface area contributed by atoms with E-state index in [0.29, 0.717) is 21.8 Å². The van der Waals surface area contributed by atoms with Crippen LogP contribution in [0.1, 0.15) is 32.8 Å². The second kappa shape index (κ2) is 8.67. The average Bonchev–Trinajstić information content (AvgIpc) is 3.22. The largest absolute Gasteiger partial charge is 0.452 e. The van der Waals surface area contributed by atoms with E-state index in [1.807, 2.05) is 78.1 Å². The first-order chi connectivity index (χ1) is 13.3. The fourth-order valence-electron chi connectivity index (χ4n) is 2.78. The normalized spacial score (nSPS) is 14.8. The molecule has 1 aromatic heterocycles. The van der Waals surface area contributed by atoms with Crippen molar-refractivity contribution in [3.63, 3.8) is 0 Å². The van der Waals surface area contributed by atoms with Crippen LogP contribution in [-0.4, -0.2) is 22.5 Å². The average molecular weight is 398 g/mol. The molecule has 1 aliphatic rings. The molecule has 0 aliphatic carbocycles. The molecule has 0 spiro atoms. The Morgan fingerprint density at radius 1 is 1.07 bits per heavy atom. The van der Waals surface area contributed by atoms with E-state index in [9.17, 15) is 4.79 Å². The molecule has 1 fully saturated rings. The second-order valence-electron chi connectivity index (χ2n) is 6.11. The molecule has 2 heterocycles. The number of thioether (sulfide) groups is 2. The molecule has 6 heteroatoms. The number of rotatable bonds is 5. The lowest BCUT2D eigenvalue weighted by Crippen LogP contribution is -2.06. The van der Waals surface area contributed by atoms with Gasteiger partial charge in [-0.2, -0.15) is 0 Å². The monoisotopic (exact) mass is 397 g/mol. The first kappa shape index (κ1) is 18.2. The molecule has 0 amide bonds. The summed E-state index contributed by atoms with van der Waals surface area (Å²) in [6, 6.07) is 17.4. The minimum Gasteiger partial charge on any atom is -0.452 e. The maximum atomic E-state index is 12.3. The molecule has 0 N–H and O–H groups in total. The van der Waals surface area contributed by atoms with Gasteiger partial charge in [0.2, 0.25) is 5.89 Å². The molecule has 1 saturated heterocycles. The number of hydrogen-bond acceptors (Lipinski definition) is 6. The van der Waals surface area contributed by atoms with Gasteiger partial charge in [0.25, 0.3) is 0 Å². The number of oxazole rings is 1. The van der Waals surface area contributed by atoms with Crippen molar-refractivity contribution in [2.75, 3.05) is 11.5 Å². The number of aromatic nitrogens is 1. The Hall–Kier alpha value is -2.18. The van der Waals surface area contributed by atoms with Gasteiger partial charge in [0.05, 0.1) is 16.3 Å². The van der Waals surface area contributed by atoms with Gasteiger partial charge >= 0.3 is 5.97 Å². The molecule has 27 heavy (non-hydrogen) atoms. The Morgan fingerprint density at radius 2 is 1.81 bits per heavy atom. The van der Waals surface area contributed by atoms with Gasteiger partial charge in [0.1, 0.15) is 0 Å². The van der Waals surface area contributed by atoms with E-state index in [-0.39, 0.29) is 12.6 Å². The molecule has 4 nitrogen and oxygen atoms in total. The van der Waals surface area contributed by atoms with Gasteiger partial charge in [-0.15, -0.1) is 23.5 Å². The predicted octanol–water partition coefficient (Wildman–Crippen LogP) is 5.57. The number of benzene rings is 2. The summed E-state index contributed by atoms with van der Waals surface area (Å²) in [7, 11) is 0. The standard InChI is InChI=1S/C21H19NO3S2/c23-20(16-7-9-17(10-8-16)21-26-11-4-12-27-21)24-14-19-22-13-18(25-19)15-5-2-1-3-6-15/h1-3,5-10,13,21H,4,11-12,14H2. The first-order valence-electron chi connectivity index (χ1n) is 8.80. The minimum atomic E-state index is -0.370. The van der Waals surface area contributed by atoms with Gasteiger partial charge in [0, 0.05) is 5.56 Å². The van der Waals surface area contributed by atoms with Gasteiger partial charge < -0.3 is 9.15 Å². The summed E-state index contributed by atoms with van der Waals surface area (Å²) in [6.45, 7) is 0.0156. The van der Waals surface area contributed by atoms with Crippen LogP contribution in [0.15, 0.2) is 65.2 Å². The molecule has 0 radical (unpaired) electrons. The summed E-state index contributed by atoms with van der Waals surface area (Å²) >= 11 is 3.93. The summed E-state index contributed by atoms with van der Waals surface area (Å²) in [5.74, 6) is 3.07. The zero-order valence-corrected chi connectivity index (χ0v) is 16.3. The SMILES string of the molecule is O=C(OCc1ncc(-c2ccccc2)o1)c1ccc(C2SCCCS2)cc1. The van der Waals surface area contributed by atoms with Crippen molar-refractivity contribution in [2.45, 2.75) is 17.6 Å². The molecular formula is C21H19NO3S2. The van der Waals surface area contributed by atoms with Gasteiger partial charge in [-0.1, -0.05) is 42.5 Å². The van der Waals surface area contributed by atoms with Crippen LogP contribution in [0.25, 0.3) is 11.3 Å². The highest BCUT2D eigenvalue weighted by atomic mass is 32.2. The quantitative estimate of drug-likeness (QED) is 0.525. The topological polar surface area (TPSA) is 52.3 Å². The van der Waals surface area contributed by atoms with Crippen LogP contribution in [-0.2, 0) is 11.3 Å². The minimum absolute atomic E-state index is 0.0156. The van der Waals surface area contributed by atoms with E-state index in [1.54, 1.807) is 6.20 Å². The van der Waals surface area contributed by atoms with Crippen LogP contribution in [0, 0.1) is 0 Å². The fraction of sp³-hybridized carbons (Fsp3) is 0.238. The lowest BCUT2D eigenvalue weighted by molar-refractivity contribution is 0.0439. The highest BCUT2D eigenvalue weighted by molar-refractivity contribution is 8.16. The summed E-state index contributed by atoms with van der Waals surface area (Å²) in [6.07, 6.45) is 2.91. The second-order valence-corrected chi connectivity index (χ2v) is 8.83. The predicted molar refractivity (Wildman–Crippen MR) is 110 cm³/mol. The van der Waals surface area contributed by atoms with E-state index in [0.717, 1.165) is 5.56 Å². The maximum absolute atomic E-state index is 12.3. The van der Waals surface area contributed by atoms with E-state index in [2.05, 4.69) is 4.98 Å². The lowest BCUT2D eigenvalue weighted by Gasteiger charge is -2.21. The Balaban J connectivity index is 1.35. The third kappa shape index (κ3) is 4.57. The van der Waals surface area contributed by atoms with Crippen LogP contribution in [0.2, 0.25) is 0 Å². The van der Waals surface area contributed by atoms with Crippen molar-refractivity contribution in [3.8, 4) is 11.3 Å². The Labute approximate surface area is 166 Å². The Kier molecular flexibility index (Phi) is 5.84. The molecule has 138 valence electrons. The smallest absolute Gasteiger partial charge is 0.338 e. The van der Waals surface area contributed by atoms with E-state index in [1.165, 1.54) is 23.5 Å². The fourth-order valence-corrected chi connectivity index (χ4v) is 5.67. The Bertz CT molecular complexity index is 887. The van der Waals surface area contributed by atoms with Gasteiger partial charge in [0.15, 0.2) is 12.4 Å². The number of esters is 1. The number of nitrogens with zero attached hydrogens (tertiary/aromatic N) is 1. The van der Waals surface area contributed by atoms with Crippen LogP contribution in [0.3, 0.4) is 0 Å². The summed E-state index contributed by atoms with van der Waals surface area (Å²) in [4.78, 5) is 16.5. The molecule has 2 aromatic carbocycles. The molecule has 4 rings (SSSR count). The van der Waals surface area contributed by atoms with Gasteiger partial charge in [-0.3, -0.25) is 0 Å². The van der Waals surface area contributed by atoms with Crippen molar-refractivity contribution >= 4 is 29.5 Å². The molecular weight excluding hydrogens is 378 g/mol. The van der Waals surface area contributed by atoms with Crippen molar-refractivity contribution in [3.05, 3.63) is 77.8 Å². The van der Waals surface area contributed by atoms with Gasteiger partial charge in [-0.25, -0.2) is 9.78 Å². The zero-order chi connectivity index (χ0) is 18.5. The van der Waals surface area contributed by atoms with Crippen molar-refractivity contribution in [1.82, 2.24) is 4.98 Å². The summed E-state index contributed by atoms with van der Waals surface area (Å²) in [5, 5.41) is 0. The molecule has 0 unspecified atom stereocenters. The van der Waals surface area contributed by atoms with E-state index < -0.39 is 0 Å². The molecule has 1 aliphatic heterocycles. The van der Waals surface area contributed by atoms with E-state index >= 15 is 0 Å². The van der Waals surface area contributed by atoms with Crippen LogP contribution in [0.4, 0.5) is 0 Å². The third-order valence-electron chi connectivity index (χ3n) is 4.18. The van der Waals surface area contributed by atoms with Crippen LogP contribution >= 0.6 is 23.5 Å². The third-order valence-corrected chi connectivity index (χ3v) is 7.20. The van der Waals surface area contributed by atoms with Crippen molar-refractivity contribution < 1.29 is 13.9 Å².